The maximum absolute atomic E-state index is 13.4. The van der Waals surface area contributed by atoms with Gasteiger partial charge in [-0.3, -0.25) is 14.7 Å². The predicted molar refractivity (Wildman–Crippen MR) is 145 cm³/mol. The van der Waals surface area contributed by atoms with Crippen molar-refractivity contribution in [1.82, 2.24) is 14.2 Å². The maximum Gasteiger partial charge on any atom is 0.323 e. The highest BCUT2D eigenvalue weighted by atomic mass is 32.2. The second-order valence-corrected chi connectivity index (χ2v) is 11.8. The molecule has 1 atom stereocenters. The summed E-state index contributed by atoms with van der Waals surface area (Å²) in [5.74, 6) is 0.632. The third kappa shape index (κ3) is 5.85. The van der Waals surface area contributed by atoms with Gasteiger partial charge in [-0.15, -0.1) is 0 Å². The lowest BCUT2D eigenvalue weighted by Crippen LogP contribution is -2.44. The van der Waals surface area contributed by atoms with Crippen LogP contribution in [0.2, 0.25) is 0 Å². The van der Waals surface area contributed by atoms with Gasteiger partial charge in [0.2, 0.25) is 10.0 Å². The Kier molecular flexibility index (Phi) is 8.26. The monoisotopic (exact) mass is 537 g/mol. The topological polar surface area (TPSA) is 89.0 Å². The van der Waals surface area contributed by atoms with E-state index in [4.69, 9.17) is 9.47 Å². The number of ether oxygens (including phenoxy) is 2. The van der Waals surface area contributed by atoms with E-state index in [0.29, 0.717) is 44.6 Å². The number of rotatable bonds is 8. The minimum Gasteiger partial charge on any atom is -0.490 e. The van der Waals surface area contributed by atoms with Gasteiger partial charge >= 0.3 is 5.97 Å². The minimum absolute atomic E-state index is 0.0652. The highest BCUT2D eigenvalue weighted by molar-refractivity contribution is 7.89. The van der Waals surface area contributed by atoms with E-state index in [2.05, 4.69) is 16.0 Å². The molecule has 1 unspecified atom stereocenters. The summed E-state index contributed by atoms with van der Waals surface area (Å²) in [5, 5.41) is 0.810. The van der Waals surface area contributed by atoms with Crippen molar-refractivity contribution >= 4 is 26.9 Å². The van der Waals surface area contributed by atoms with Crippen molar-refractivity contribution in [3.05, 3.63) is 66.4 Å². The summed E-state index contributed by atoms with van der Waals surface area (Å²) in [6, 6.07) is 16.7. The van der Waals surface area contributed by atoms with Crippen molar-refractivity contribution in [1.29, 1.82) is 0 Å². The molecule has 9 heteroatoms. The third-order valence-electron chi connectivity index (χ3n) is 7.37. The standard InChI is InChI=1S/C29H35N3O5S/c1-2-36-29(33)26-12-3-4-17-31(26)21-22-8-5-11-25(20-22)37-24-14-18-32(19-15-24)38(34,35)27-13-6-9-23-10-7-16-30-28(23)27/h5-11,13,16,20,24,26H,2-4,12,14-15,17-19,21H2,1H3. The normalized spacial score (nSPS) is 19.9. The Balaban J connectivity index is 1.21. The summed E-state index contributed by atoms with van der Waals surface area (Å²) in [4.78, 5) is 19.2. The first kappa shape index (κ1) is 26.6. The molecule has 5 rings (SSSR count). The smallest absolute Gasteiger partial charge is 0.323 e. The van der Waals surface area contributed by atoms with Crippen LogP contribution in [0.3, 0.4) is 0 Å². The molecule has 1 aromatic heterocycles. The molecule has 202 valence electrons. The number of pyridine rings is 1. The average Bonchev–Trinajstić information content (AvgIpc) is 2.93. The molecule has 2 fully saturated rings. The molecular formula is C29H35N3O5S. The molecule has 0 aliphatic carbocycles. The number of benzene rings is 2. The van der Waals surface area contributed by atoms with Crippen LogP contribution in [0.1, 0.15) is 44.6 Å². The van der Waals surface area contributed by atoms with Gasteiger partial charge in [0.05, 0.1) is 12.1 Å². The molecule has 2 saturated heterocycles. The highest BCUT2D eigenvalue weighted by Crippen LogP contribution is 2.28. The van der Waals surface area contributed by atoms with Crippen LogP contribution in [0.25, 0.3) is 10.9 Å². The fourth-order valence-corrected chi connectivity index (χ4v) is 7.08. The van der Waals surface area contributed by atoms with Gasteiger partial charge in [-0.1, -0.05) is 36.8 Å². The molecule has 0 spiro atoms. The van der Waals surface area contributed by atoms with Gasteiger partial charge in [-0.25, -0.2) is 8.42 Å². The van der Waals surface area contributed by atoms with Crippen molar-refractivity contribution in [2.75, 3.05) is 26.2 Å². The fraction of sp³-hybridized carbons (Fsp3) is 0.448. The Labute approximate surface area is 224 Å². The van der Waals surface area contributed by atoms with E-state index in [0.717, 1.165) is 42.5 Å². The van der Waals surface area contributed by atoms with Crippen molar-refractivity contribution in [2.45, 2.75) is 62.6 Å². The lowest BCUT2D eigenvalue weighted by molar-refractivity contribution is -0.151. The molecule has 2 aliphatic rings. The first-order valence-electron chi connectivity index (χ1n) is 13.5. The molecular weight excluding hydrogens is 502 g/mol. The molecule has 3 aromatic rings. The summed E-state index contributed by atoms with van der Waals surface area (Å²) < 4.78 is 40.0. The predicted octanol–water partition coefficient (Wildman–Crippen LogP) is 4.38. The first-order chi connectivity index (χ1) is 18.5. The number of carbonyl (C=O) groups is 1. The molecule has 2 aliphatic heterocycles. The number of para-hydroxylation sites is 1. The summed E-state index contributed by atoms with van der Waals surface area (Å²) >= 11 is 0. The molecule has 2 aromatic carbocycles. The zero-order chi connectivity index (χ0) is 26.5. The van der Waals surface area contributed by atoms with Crippen LogP contribution in [0.4, 0.5) is 0 Å². The SMILES string of the molecule is CCOC(=O)C1CCCCN1Cc1cccc(OC2CCN(S(=O)(=O)c3cccc4cccnc34)CC2)c1. The average molecular weight is 538 g/mol. The van der Waals surface area contributed by atoms with Crippen LogP contribution >= 0.6 is 0 Å². The van der Waals surface area contributed by atoms with E-state index in [1.54, 1.807) is 22.6 Å². The summed E-state index contributed by atoms with van der Waals surface area (Å²) in [7, 11) is -3.65. The largest absolute Gasteiger partial charge is 0.490 e. The van der Waals surface area contributed by atoms with Crippen LogP contribution in [0, 0.1) is 0 Å². The number of piperidine rings is 2. The molecule has 8 nitrogen and oxygen atoms in total. The third-order valence-corrected chi connectivity index (χ3v) is 9.30. The quantitative estimate of drug-likeness (QED) is 0.394. The number of hydrogen-bond acceptors (Lipinski definition) is 7. The summed E-state index contributed by atoms with van der Waals surface area (Å²) in [6.45, 7) is 4.55. The van der Waals surface area contributed by atoms with Crippen molar-refractivity contribution < 1.29 is 22.7 Å². The van der Waals surface area contributed by atoms with E-state index < -0.39 is 10.0 Å². The van der Waals surface area contributed by atoms with Crippen LogP contribution in [0.15, 0.2) is 65.7 Å². The van der Waals surface area contributed by atoms with Crippen LogP contribution in [-0.2, 0) is 26.1 Å². The van der Waals surface area contributed by atoms with Crippen LogP contribution in [-0.4, -0.2) is 67.0 Å². The Morgan fingerprint density at radius 2 is 1.79 bits per heavy atom. The molecule has 0 N–H and O–H groups in total. The first-order valence-corrected chi connectivity index (χ1v) is 14.9. The maximum atomic E-state index is 13.4. The number of hydrogen-bond donors (Lipinski definition) is 0. The lowest BCUT2D eigenvalue weighted by atomic mass is 10.0. The Hall–Kier alpha value is -3.01. The zero-order valence-electron chi connectivity index (χ0n) is 21.8. The lowest BCUT2D eigenvalue weighted by Gasteiger charge is -2.34. The molecule has 0 saturated carbocycles. The number of aromatic nitrogens is 1. The van der Waals surface area contributed by atoms with Crippen LogP contribution in [0.5, 0.6) is 5.75 Å². The summed E-state index contributed by atoms with van der Waals surface area (Å²) in [6.07, 6.45) is 5.71. The zero-order valence-corrected chi connectivity index (χ0v) is 22.6. The van der Waals surface area contributed by atoms with Gasteiger partial charge in [-0.2, -0.15) is 4.31 Å². The van der Waals surface area contributed by atoms with Gasteiger partial charge in [-0.05, 0) is 69.0 Å². The van der Waals surface area contributed by atoms with Crippen molar-refractivity contribution in [3.8, 4) is 5.75 Å². The van der Waals surface area contributed by atoms with Gasteiger partial charge in [0, 0.05) is 31.2 Å². The van der Waals surface area contributed by atoms with E-state index in [9.17, 15) is 13.2 Å². The molecule has 0 amide bonds. The number of fused-ring (bicyclic) bond motifs is 1. The molecule has 38 heavy (non-hydrogen) atoms. The summed E-state index contributed by atoms with van der Waals surface area (Å²) in [5.41, 5.74) is 1.59. The van der Waals surface area contributed by atoms with E-state index in [-0.39, 0.29) is 23.0 Å². The van der Waals surface area contributed by atoms with Gasteiger partial charge in [0.15, 0.2) is 0 Å². The molecule has 0 radical (unpaired) electrons. The second-order valence-electron chi connectivity index (χ2n) is 9.93. The number of sulfonamides is 1. The van der Waals surface area contributed by atoms with E-state index >= 15 is 0 Å². The van der Waals surface area contributed by atoms with E-state index in [1.165, 1.54) is 0 Å². The highest BCUT2D eigenvalue weighted by Gasteiger charge is 2.32. The van der Waals surface area contributed by atoms with Crippen molar-refractivity contribution in [3.63, 3.8) is 0 Å². The fourth-order valence-electron chi connectivity index (χ4n) is 5.44. The molecule has 3 heterocycles. The Morgan fingerprint density at radius 1 is 1.00 bits per heavy atom. The van der Waals surface area contributed by atoms with Crippen molar-refractivity contribution in [2.24, 2.45) is 0 Å². The number of carbonyl (C=O) groups excluding carboxylic acids is 1. The number of likely N-dealkylation sites (tertiary alicyclic amines) is 1. The van der Waals surface area contributed by atoms with Gasteiger partial charge < -0.3 is 9.47 Å². The Morgan fingerprint density at radius 3 is 2.61 bits per heavy atom. The number of nitrogens with zero attached hydrogens (tertiary/aromatic N) is 3. The Bertz CT molecular complexity index is 1370. The van der Waals surface area contributed by atoms with Gasteiger partial charge in [0.1, 0.15) is 22.8 Å². The minimum atomic E-state index is -3.65. The van der Waals surface area contributed by atoms with Gasteiger partial charge in [0.25, 0.3) is 0 Å². The molecule has 0 bridgehead atoms. The number of esters is 1. The van der Waals surface area contributed by atoms with E-state index in [1.807, 2.05) is 43.3 Å². The van der Waals surface area contributed by atoms with Crippen LogP contribution < -0.4 is 4.74 Å². The second kappa shape index (κ2) is 11.8.